The van der Waals surface area contributed by atoms with Crippen molar-refractivity contribution in [2.45, 2.75) is 31.3 Å². The molecule has 1 atom stereocenters. The number of imidazole rings is 1. The first-order valence-electron chi connectivity index (χ1n) is 8.49. The SMILES string of the molecule is CCn1cnc(S(=O)(=O)N2CCCC(C(=O)Nc3ccccc3F)C2)c1. The molecule has 9 heteroatoms. The van der Waals surface area contributed by atoms with Gasteiger partial charge in [-0.3, -0.25) is 4.79 Å². The molecule has 1 fully saturated rings. The van der Waals surface area contributed by atoms with Crippen LogP contribution in [-0.4, -0.2) is 41.3 Å². The van der Waals surface area contributed by atoms with Gasteiger partial charge in [-0.1, -0.05) is 12.1 Å². The highest BCUT2D eigenvalue weighted by Crippen LogP contribution is 2.24. The van der Waals surface area contributed by atoms with Crippen LogP contribution < -0.4 is 5.32 Å². The van der Waals surface area contributed by atoms with Crippen molar-refractivity contribution in [3.05, 3.63) is 42.6 Å². The second-order valence-electron chi connectivity index (χ2n) is 6.21. The largest absolute Gasteiger partial charge is 0.336 e. The Labute approximate surface area is 151 Å². The third-order valence-electron chi connectivity index (χ3n) is 4.47. The molecule has 140 valence electrons. The first-order valence-corrected chi connectivity index (χ1v) is 9.93. The van der Waals surface area contributed by atoms with Gasteiger partial charge < -0.3 is 9.88 Å². The van der Waals surface area contributed by atoms with E-state index in [1.54, 1.807) is 10.6 Å². The summed E-state index contributed by atoms with van der Waals surface area (Å²) >= 11 is 0. The molecule has 0 bridgehead atoms. The number of halogens is 1. The highest BCUT2D eigenvalue weighted by molar-refractivity contribution is 7.89. The molecule has 1 saturated heterocycles. The van der Waals surface area contributed by atoms with Crippen molar-refractivity contribution in [2.24, 2.45) is 5.92 Å². The van der Waals surface area contributed by atoms with Gasteiger partial charge in [0.15, 0.2) is 5.03 Å². The van der Waals surface area contributed by atoms with Crippen LogP contribution in [0.4, 0.5) is 10.1 Å². The summed E-state index contributed by atoms with van der Waals surface area (Å²) in [5.41, 5.74) is 0.0965. The lowest BCUT2D eigenvalue weighted by atomic mass is 9.98. The van der Waals surface area contributed by atoms with Crippen molar-refractivity contribution in [3.63, 3.8) is 0 Å². The average molecular weight is 380 g/mol. The topological polar surface area (TPSA) is 84.3 Å². The van der Waals surface area contributed by atoms with Gasteiger partial charge >= 0.3 is 0 Å². The molecule has 1 amide bonds. The molecule has 3 rings (SSSR count). The minimum atomic E-state index is -3.75. The van der Waals surface area contributed by atoms with Crippen LogP contribution in [0.5, 0.6) is 0 Å². The summed E-state index contributed by atoms with van der Waals surface area (Å²) in [5.74, 6) is -1.44. The van der Waals surface area contributed by atoms with Gasteiger partial charge in [-0.05, 0) is 31.9 Å². The molecule has 2 aromatic rings. The number of benzene rings is 1. The summed E-state index contributed by atoms with van der Waals surface area (Å²) in [5, 5.41) is 2.53. The molecule has 7 nitrogen and oxygen atoms in total. The number of hydrogen-bond acceptors (Lipinski definition) is 4. The Kier molecular flexibility index (Phi) is 5.38. The van der Waals surface area contributed by atoms with E-state index in [4.69, 9.17) is 0 Å². The maximum atomic E-state index is 13.7. The van der Waals surface area contributed by atoms with Gasteiger partial charge in [0, 0.05) is 25.8 Å². The van der Waals surface area contributed by atoms with Gasteiger partial charge in [0.2, 0.25) is 5.91 Å². The van der Waals surface area contributed by atoms with E-state index in [9.17, 15) is 17.6 Å². The van der Waals surface area contributed by atoms with Crippen molar-refractivity contribution in [2.75, 3.05) is 18.4 Å². The zero-order valence-electron chi connectivity index (χ0n) is 14.4. The Bertz CT molecular complexity index is 897. The molecule has 1 aliphatic rings. The number of aryl methyl sites for hydroxylation is 1. The Morgan fingerprint density at radius 1 is 1.38 bits per heavy atom. The lowest BCUT2D eigenvalue weighted by molar-refractivity contribution is -0.120. The smallest absolute Gasteiger partial charge is 0.262 e. The number of para-hydroxylation sites is 1. The van der Waals surface area contributed by atoms with Crippen LogP contribution in [0.15, 0.2) is 41.8 Å². The van der Waals surface area contributed by atoms with E-state index in [1.165, 1.54) is 35.0 Å². The molecule has 1 aliphatic heterocycles. The quantitative estimate of drug-likeness (QED) is 0.861. The molecule has 1 aromatic heterocycles. The molecular weight excluding hydrogens is 359 g/mol. The standard InChI is InChI=1S/C17H21FN4O3S/c1-2-21-11-16(19-12-21)26(24,25)22-9-5-6-13(10-22)17(23)20-15-8-4-3-7-14(15)18/h3-4,7-8,11-13H,2,5-6,9-10H2,1H3,(H,20,23). The number of anilines is 1. The molecule has 0 spiro atoms. The second kappa shape index (κ2) is 7.55. The number of carbonyl (C=O) groups is 1. The molecular formula is C17H21FN4O3S. The molecule has 2 heterocycles. The molecule has 0 saturated carbocycles. The van der Waals surface area contributed by atoms with Gasteiger partial charge in [0.1, 0.15) is 5.82 Å². The Morgan fingerprint density at radius 3 is 2.85 bits per heavy atom. The van der Waals surface area contributed by atoms with Gasteiger partial charge in [0.25, 0.3) is 10.0 Å². The van der Waals surface area contributed by atoms with Crippen molar-refractivity contribution in [1.82, 2.24) is 13.9 Å². The van der Waals surface area contributed by atoms with Crippen LogP contribution in [0, 0.1) is 11.7 Å². The maximum Gasteiger partial charge on any atom is 0.262 e. The number of nitrogens with one attached hydrogen (secondary N) is 1. The van der Waals surface area contributed by atoms with Crippen molar-refractivity contribution >= 4 is 21.6 Å². The van der Waals surface area contributed by atoms with E-state index in [-0.39, 0.29) is 23.2 Å². The zero-order chi connectivity index (χ0) is 18.7. The first-order chi connectivity index (χ1) is 12.4. The molecule has 0 radical (unpaired) electrons. The van der Waals surface area contributed by atoms with Crippen molar-refractivity contribution in [1.29, 1.82) is 0 Å². The Morgan fingerprint density at radius 2 is 2.15 bits per heavy atom. The third-order valence-corrected chi connectivity index (χ3v) is 6.22. The van der Waals surface area contributed by atoms with Crippen LogP contribution in [0.2, 0.25) is 0 Å². The van der Waals surface area contributed by atoms with E-state index in [0.717, 1.165) is 0 Å². The number of sulfonamides is 1. The predicted molar refractivity (Wildman–Crippen MR) is 94.4 cm³/mol. The molecule has 1 N–H and O–H groups in total. The monoisotopic (exact) mass is 380 g/mol. The Balaban J connectivity index is 1.72. The number of rotatable bonds is 5. The van der Waals surface area contributed by atoms with Gasteiger partial charge in [0.05, 0.1) is 17.9 Å². The highest BCUT2D eigenvalue weighted by Gasteiger charge is 2.34. The lowest BCUT2D eigenvalue weighted by Crippen LogP contribution is -2.43. The summed E-state index contributed by atoms with van der Waals surface area (Å²) in [7, 11) is -3.75. The number of piperidine rings is 1. The van der Waals surface area contributed by atoms with Crippen LogP contribution in [0.25, 0.3) is 0 Å². The lowest BCUT2D eigenvalue weighted by Gasteiger charge is -2.30. The van der Waals surface area contributed by atoms with Crippen LogP contribution in [0.1, 0.15) is 19.8 Å². The number of hydrogen-bond donors (Lipinski definition) is 1. The fraction of sp³-hybridized carbons (Fsp3) is 0.412. The summed E-state index contributed by atoms with van der Waals surface area (Å²) in [6.45, 7) is 2.91. The second-order valence-corrected chi connectivity index (χ2v) is 8.10. The van der Waals surface area contributed by atoms with Gasteiger partial charge in [-0.15, -0.1) is 0 Å². The van der Waals surface area contributed by atoms with Crippen LogP contribution in [0.3, 0.4) is 0 Å². The van der Waals surface area contributed by atoms with Gasteiger partial charge in [-0.25, -0.2) is 17.8 Å². The number of aromatic nitrogens is 2. The fourth-order valence-electron chi connectivity index (χ4n) is 2.95. The molecule has 1 unspecified atom stereocenters. The van der Waals surface area contributed by atoms with Crippen LogP contribution >= 0.6 is 0 Å². The van der Waals surface area contributed by atoms with E-state index in [0.29, 0.717) is 25.9 Å². The number of nitrogens with zero attached hydrogens (tertiary/aromatic N) is 3. The third kappa shape index (κ3) is 3.78. The van der Waals surface area contributed by atoms with Crippen molar-refractivity contribution in [3.8, 4) is 0 Å². The summed E-state index contributed by atoms with van der Waals surface area (Å²) in [6, 6.07) is 5.90. The zero-order valence-corrected chi connectivity index (χ0v) is 15.2. The minimum Gasteiger partial charge on any atom is -0.336 e. The maximum absolute atomic E-state index is 13.7. The van der Waals surface area contributed by atoms with E-state index in [2.05, 4.69) is 10.3 Å². The van der Waals surface area contributed by atoms with E-state index in [1.807, 2.05) is 6.92 Å². The summed E-state index contributed by atoms with van der Waals surface area (Å²) < 4.78 is 42.2. The van der Waals surface area contributed by atoms with Gasteiger partial charge in [-0.2, -0.15) is 4.31 Å². The highest BCUT2D eigenvalue weighted by atomic mass is 32.2. The predicted octanol–water partition coefficient (Wildman–Crippen LogP) is 2.08. The van der Waals surface area contributed by atoms with E-state index < -0.39 is 21.8 Å². The molecule has 0 aliphatic carbocycles. The first kappa shape index (κ1) is 18.5. The van der Waals surface area contributed by atoms with Crippen molar-refractivity contribution < 1.29 is 17.6 Å². The summed E-state index contributed by atoms with van der Waals surface area (Å²) in [4.78, 5) is 16.4. The average Bonchev–Trinajstić information content (AvgIpc) is 3.14. The number of carbonyl (C=O) groups excluding carboxylic acids is 1. The Hall–Kier alpha value is -2.26. The molecule has 1 aromatic carbocycles. The molecule has 26 heavy (non-hydrogen) atoms. The van der Waals surface area contributed by atoms with Crippen LogP contribution in [-0.2, 0) is 21.4 Å². The summed E-state index contributed by atoms with van der Waals surface area (Å²) in [6.07, 6.45) is 4.07. The fourth-order valence-corrected chi connectivity index (χ4v) is 4.41. The van der Waals surface area contributed by atoms with E-state index >= 15 is 0 Å². The minimum absolute atomic E-state index is 0.0190. The normalized spacial score (nSPS) is 18.6. The number of amides is 1.